The summed E-state index contributed by atoms with van der Waals surface area (Å²) in [6, 6.07) is 13.1. The molecule has 3 aromatic rings. The van der Waals surface area contributed by atoms with Crippen molar-refractivity contribution in [3.8, 4) is 17.1 Å². The Balaban J connectivity index is 1.68. The lowest BCUT2D eigenvalue weighted by atomic mass is 10.1. The first kappa shape index (κ1) is 18.0. The van der Waals surface area contributed by atoms with Crippen LogP contribution in [0.1, 0.15) is 11.1 Å². The maximum atomic E-state index is 12.2. The number of amides is 1. The second-order valence-corrected chi connectivity index (χ2v) is 6.98. The number of thioether (sulfide) groups is 1. The molecular weight excluding hydrogens is 348 g/mol. The van der Waals surface area contributed by atoms with Gasteiger partial charge in [0.05, 0.1) is 11.4 Å². The number of rotatable bonds is 5. The molecule has 26 heavy (non-hydrogen) atoms. The molecule has 0 saturated carbocycles. The molecule has 6 nitrogen and oxygen atoms in total. The fourth-order valence-electron chi connectivity index (χ4n) is 2.57. The molecule has 0 aliphatic rings. The van der Waals surface area contributed by atoms with Crippen molar-refractivity contribution in [2.24, 2.45) is 7.05 Å². The molecule has 0 unspecified atom stereocenters. The highest BCUT2D eigenvalue weighted by Crippen LogP contribution is 2.26. The molecule has 0 aliphatic carbocycles. The van der Waals surface area contributed by atoms with Crippen LogP contribution in [0.25, 0.3) is 11.4 Å². The standard InChI is InChI=1S/C19H20N4O2S/c1-12-8-9-16(24)15(10-12)20-17(25)11-26-19-22-21-18(23(19)3)14-7-5-4-6-13(14)2/h4-10,24H,11H2,1-3H3,(H,20,25). The van der Waals surface area contributed by atoms with Gasteiger partial charge in [0.25, 0.3) is 0 Å². The zero-order valence-electron chi connectivity index (χ0n) is 14.9. The van der Waals surface area contributed by atoms with E-state index >= 15 is 0 Å². The Hall–Kier alpha value is -2.80. The Kier molecular flexibility index (Phi) is 5.27. The van der Waals surface area contributed by atoms with Crippen LogP contribution in [-0.4, -0.2) is 31.5 Å². The summed E-state index contributed by atoms with van der Waals surface area (Å²) in [7, 11) is 1.88. The van der Waals surface area contributed by atoms with Gasteiger partial charge in [-0.05, 0) is 37.1 Å². The Bertz CT molecular complexity index is 952. The average Bonchev–Trinajstić information content (AvgIpc) is 2.97. The summed E-state index contributed by atoms with van der Waals surface area (Å²) in [5, 5.41) is 21.6. The van der Waals surface area contributed by atoms with Crippen LogP contribution in [0.15, 0.2) is 47.6 Å². The number of phenols is 1. The van der Waals surface area contributed by atoms with Crippen molar-refractivity contribution in [2.75, 3.05) is 11.1 Å². The molecule has 7 heteroatoms. The summed E-state index contributed by atoms with van der Waals surface area (Å²) >= 11 is 1.30. The van der Waals surface area contributed by atoms with Gasteiger partial charge >= 0.3 is 0 Å². The number of nitrogens with one attached hydrogen (secondary N) is 1. The minimum absolute atomic E-state index is 0.0504. The van der Waals surface area contributed by atoms with Gasteiger partial charge < -0.3 is 15.0 Å². The van der Waals surface area contributed by atoms with Gasteiger partial charge in [0, 0.05) is 12.6 Å². The van der Waals surface area contributed by atoms with Gasteiger partial charge in [-0.15, -0.1) is 10.2 Å². The Morgan fingerprint density at radius 2 is 1.96 bits per heavy atom. The van der Waals surface area contributed by atoms with Crippen LogP contribution in [0.4, 0.5) is 5.69 Å². The summed E-state index contributed by atoms with van der Waals surface area (Å²) < 4.78 is 1.88. The lowest BCUT2D eigenvalue weighted by Gasteiger charge is -2.08. The molecule has 0 saturated heterocycles. The number of aromatic hydroxyl groups is 1. The molecule has 1 aromatic heterocycles. The predicted molar refractivity (Wildman–Crippen MR) is 103 cm³/mol. The first-order chi connectivity index (χ1) is 12.5. The molecule has 0 spiro atoms. The number of hydrogen-bond acceptors (Lipinski definition) is 5. The molecule has 134 valence electrons. The molecule has 1 amide bonds. The Morgan fingerprint density at radius 3 is 2.73 bits per heavy atom. The second-order valence-electron chi connectivity index (χ2n) is 6.04. The van der Waals surface area contributed by atoms with Gasteiger partial charge in [-0.3, -0.25) is 4.79 Å². The van der Waals surface area contributed by atoms with Crippen molar-refractivity contribution in [3.05, 3.63) is 53.6 Å². The van der Waals surface area contributed by atoms with E-state index in [2.05, 4.69) is 15.5 Å². The van der Waals surface area contributed by atoms with E-state index in [1.165, 1.54) is 11.8 Å². The van der Waals surface area contributed by atoms with Crippen LogP contribution in [0.3, 0.4) is 0 Å². The van der Waals surface area contributed by atoms with Gasteiger partial charge in [0.2, 0.25) is 5.91 Å². The van der Waals surface area contributed by atoms with E-state index in [0.717, 1.165) is 22.5 Å². The van der Waals surface area contributed by atoms with Crippen molar-refractivity contribution in [2.45, 2.75) is 19.0 Å². The van der Waals surface area contributed by atoms with E-state index in [9.17, 15) is 9.90 Å². The summed E-state index contributed by atoms with van der Waals surface area (Å²) in [6.45, 7) is 3.93. The third-order valence-corrected chi connectivity index (χ3v) is 5.00. The molecule has 1 heterocycles. The van der Waals surface area contributed by atoms with Crippen molar-refractivity contribution < 1.29 is 9.90 Å². The van der Waals surface area contributed by atoms with E-state index in [4.69, 9.17) is 0 Å². The largest absolute Gasteiger partial charge is 0.506 e. The Morgan fingerprint density at radius 1 is 1.19 bits per heavy atom. The van der Waals surface area contributed by atoms with E-state index < -0.39 is 0 Å². The van der Waals surface area contributed by atoms with Gasteiger partial charge in [0.1, 0.15) is 5.75 Å². The summed E-state index contributed by atoms with van der Waals surface area (Å²) in [5.74, 6) is 0.778. The lowest BCUT2D eigenvalue weighted by Crippen LogP contribution is -2.14. The zero-order chi connectivity index (χ0) is 18.7. The first-order valence-corrected chi connectivity index (χ1v) is 9.12. The van der Waals surface area contributed by atoms with Crippen LogP contribution in [0, 0.1) is 13.8 Å². The van der Waals surface area contributed by atoms with Crippen LogP contribution in [0.5, 0.6) is 5.75 Å². The minimum Gasteiger partial charge on any atom is -0.506 e. The quantitative estimate of drug-likeness (QED) is 0.532. The summed E-state index contributed by atoms with van der Waals surface area (Å²) in [6.07, 6.45) is 0. The molecule has 3 rings (SSSR count). The maximum absolute atomic E-state index is 12.2. The van der Waals surface area contributed by atoms with Crippen LogP contribution in [0.2, 0.25) is 0 Å². The highest BCUT2D eigenvalue weighted by Gasteiger charge is 2.14. The van der Waals surface area contributed by atoms with Crippen LogP contribution >= 0.6 is 11.8 Å². The van der Waals surface area contributed by atoms with E-state index in [0.29, 0.717) is 10.8 Å². The van der Waals surface area contributed by atoms with E-state index in [1.54, 1.807) is 18.2 Å². The molecule has 0 fully saturated rings. The smallest absolute Gasteiger partial charge is 0.234 e. The molecule has 0 bridgehead atoms. The number of carbonyl (C=O) groups excluding carboxylic acids is 1. The maximum Gasteiger partial charge on any atom is 0.234 e. The SMILES string of the molecule is Cc1ccc(O)c(NC(=O)CSc2nnc(-c3ccccc3C)n2C)c1. The third-order valence-electron chi connectivity index (χ3n) is 3.98. The van der Waals surface area contributed by atoms with E-state index in [1.807, 2.05) is 49.7 Å². The average molecular weight is 368 g/mol. The van der Waals surface area contributed by atoms with Crippen LogP contribution in [-0.2, 0) is 11.8 Å². The second kappa shape index (κ2) is 7.61. The highest BCUT2D eigenvalue weighted by atomic mass is 32.2. The number of phenolic OH excluding ortho intramolecular Hbond substituents is 1. The van der Waals surface area contributed by atoms with Crippen molar-refractivity contribution in [1.82, 2.24) is 14.8 Å². The normalized spacial score (nSPS) is 10.7. The Labute approximate surface area is 156 Å². The molecule has 2 N–H and O–H groups in total. The lowest BCUT2D eigenvalue weighted by molar-refractivity contribution is -0.113. The number of aromatic nitrogens is 3. The van der Waals surface area contributed by atoms with Gasteiger partial charge in [-0.25, -0.2) is 0 Å². The molecule has 0 aliphatic heterocycles. The molecular formula is C19H20N4O2S. The fourth-order valence-corrected chi connectivity index (χ4v) is 3.28. The zero-order valence-corrected chi connectivity index (χ0v) is 15.7. The summed E-state index contributed by atoms with van der Waals surface area (Å²) in [5.41, 5.74) is 3.51. The number of hydrogen-bond donors (Lipinski definition) is 2. The monoisotopic (exact) mass is 368 g/mol. The fraction of sp³-hybridized carbons (Fsp3) is 0.211. The minimum atomic E-state index is -0.212. The van der Waals surface area contributed by atoms with Crippen molar-refractivity contribution >= 4 is 23.4 Å². The molecule has 2 aromatic carbocycles. The van der Waals surface area contributed by atoms with Crippen molar-refractivity contribution in [3.63, 3.8) is 0 Å². The van der Waals surface area contributed by atoms with Gasteiger partial charge in [0.15, 0.2) is 11.0 Å². The molecule has 0 atom stereocenters. The third kappa shape index (κ3) is 3.88. The number of nitrogens with zero attached hydrogens (tertiary/aromatic N) is 3. The van der Waals surface area contributed by atoms with E-state index in [-0.39, 0.29) is 17.4 Å². The first-order valence-electron chi connectivity index (χ1n) is 8.13. The molecule has 0 radical (unpaired) electrons. The number of anilines is 1. The van der Waals surface area contributed by atoms with Gasteiger partial charge in [-0.2, -0.15) is 0 Å². The number of carbonyl (C=O) groups is 1. The van der Waals surface area contributed by atoms with Crippen molar-refractivity contribution in [1.29, 1.82) is 0 Å². The number of aryl methyl sites for hydroxylation is 2. The predicted octanol–water partition coefficient (Wildman–Crippen LogP) is 3.54. The summed E-state index contributed by atoms with van der Waals surface area (Å²) in [4.78, 5) is 12.2. The van der Waals surface area contributed by atoms with Gasteiger partial charge in [-0.1, -0.05) is 42.1 Å². The number of benzene rings is 2. The highest BCUT2D eigenvalue weighted by molar-refractivity contribution is 7.99. The topological polar surface area (TPSA) is 80.0 Å². The van der Waals surface area contributed by atoms with Crippen LogP contribution < -0.4 is 5.32 Å².